The molecule has 0 bridgehead atoms. The lowest BCUT2D eigenvalue weighted by atomic mass is 10.2. The highest BCUT2D eigenvalue weighted by molar-refractivity contribution is 7.89. The molecular weight excluding hydrogens is 285 g/mol. The minimum atomic E-state index is -4.45. The first kappa shape index (κ1) is 15.7. The van der Waals surface area contributed by atoms with Crippen LogP contribution in [-0.4, -0.2) is 25.6 Å². The van der Waals surface area contributed by atoms with E-state index in [2.05, 4.69) is 10.4 Å². The molecule has 0 spiro atoms. The van der Waals surface area contributed by atoms with Crippen LogP contribution in [0, 0.1) is 0 Å². The van der Waals surface area contributed by atoms with E-state index in [1.807, 2.05) is 4.72 Å². The summed E-state index contributed by atoms with van der Waals surface area (Å²) in [5, 5.41) is 0. The number of nitrogens with one attached hydrogen (secondary N) is 2. The summed E-state index contributed by atoms with van der Waals surface area (Å²) in [5.74, 6) is 4.95. The minimum Gasteiger partial charge on any atom is -0.307 e. The summed E-state index contributed by atoms with van der Waals surface area (Å²) in [5.41, 5.74) is 2.07. The van der Waals surface area contributed by atoms with Gasteiger partial charge in [-0.3, -0.25) is 0 Å². The number of rotatable bonds is 5. The van der Waals surface area contributed by atoms with E-state index < -0.39 is 28.7 Å². The molecule has 1 aromatic rings. The molecule has 1 heterocycles. The number of anilines is 1. The summed E-state index contributed by atoms with van der Waals surface area (Å²) in [6.45, 7) is 1.12. The zero-order valence-corrected chi connectivity index (χ0v) is 10.7. The first-order valence-corrected chi connectivity index (χ1v) is 6.65. The molecule has 1 aromatic heterocycles. The molecule has 1 unspecified atom stereocenters. The summed E-state index contributed by atoms with van der Waals surface area (Å²) < 4.78 is 62.2. The lowest BCUT2D eigenvalue weighted by molar-refractivity contribution is -0.137. The molecule has 0 amide bonds. The van der Waals surface area contributed by atoms with Gasteiger partial charge in [-0.1, -0.05) is 0 Å². The van der Waals surface area contributed by atoms with E-state index in [1.54, 1.807) is 0 Å². The second kappa shape index (κ2) is 5.72. The van der Waals surface area contributed by atoms with Crippen LogP contribution in [0.1, 0.15) is 13.3 Å². The maximum atomic E-state index is 12.1. The van der Waals surface area contributed by atoms with Crippen molar-refractivity contribution >= 4 is 15.8 Å². The predicted octanol–water partition coefficient (Wildman–Crippen LogP) is 0.986. The number of alkyl halides is 3. The maximum absolute atomic E-state index is 12.1. The molecule has 0 fully saturated rings. The van der Waals surface area contributed by atoms with E-state index in [4.69, 9.17) is 5.84 Å². The molecule has 6 nitrogen and oxygen atoms in total. The molecule has 0 saturated carbocycles. The van der Waals surface area contributed by atoms with Crippen molar-refractivity contribution in [1.82, 2.24) is 9.71 Å². The molecule has 0 aliphatic rings. The van der Waals surface area contributed by atoms with Crippen molar-refractivity contribution in [2.75, 3.05) is 5.43 Å². The minimum absolute atomic E-state index is 0.144. The Balaban J connectivity index is 2.93. The topological polar surface area (TPSA) is 97.1 Å². The van der Waals surface area contributed by atoms with Gasteiger partial charge in [0, 0.05) is 12.2 Å². The van der Waals surface area contributed by atoms with Crippen molar-refractivity contribution in [2.24, 2.45) is 5.84 Å². The standard InChI is InChI=1S/C9H13F3N4O2S/c1-6(5-9(10,11)12)16-19(17,18)7-3-2-4-14-8(7)15-13/h2-4,6,16H,5,13H2,1H3,(H,14,15). The van der Waals surface area contributed by atoms with Gasteiger partial charge >= 0.3 is 6.18 Å². The molecule has 19 heavy (non-hydrogen) atoms. The van der Waals surface area contributed by atoms with Crippen LogP contribution in [0.5, 0.6) is 0 Å². The number of pyridine rings is 1. The number of sulfonamides is 1. The number of hydrazine groups is 1. The molecule has 0 radical (unpaired) electrons. The Morgan fingerprint density at radius 3 is 2.63 bits per heavy atom. The van der Waals surface area contributed by atoms with Crippen molar-refractivity contribution in [3.8, 4) is 0 Å². The molecule has 0 aromatic carbocycles. The largest absolute Gasteiger partial charge is 0.390 e. The number of aromatic nitrogens is 1. The van der Waals surface area contributed by atoms with Crippen LogP contribution in [0.15, 0.2) is 23.2 Å². The van der Waals surface area contributed by atoms with Gasteiger partial charge in [0.05, 0.1) is 6.42 Å². The molecule has 0 aliphatic heterocycles. The first-order valence-electron chi connectivity index (χ1n) is 5.16. The average Bonchev–Trinajstić information content (AvgIpc) is 2.25. The highest BCUT2D eigenvalue weighted by Gasteiger charge is 2.32. The van der Waals surface area contributed by atoms with Gasteiger partial charge in [0.2, 0.25) is 10.0 Å². The normalized spacial score (nSPS) is 14.2. The Morgan fingerprint density at radius 1 is 1.47 bits per heavy atom. The first-order chi connectivity index (χ1) is 8.65. The van der Waals surface area contributed by atoms with Gasteiger partial charge < -0.3 is 5.43 Å². The Morgan fingerprint density at radius 2 is 2.11 bits per heavy atom. The van der Waals surface area contributed by atoms with Crippen LogP contribution in [0.4, 0.5) is 19.0 Å². The number of hydrogen-bond donors (Lipinski definition) is 3. The molecule has 10 heteroatoms. The Hall–Kier alpha value is -1.39. The lowest BCUT2D eigenvalue weighted by Gasteiger charge is -2.16. The van der Waals surface area contributed by atoms with Gasteiger partial charge in [0.15, 0.2) is 5.82 Å². The van der Waals surface area contributed by atoms with Gasteiger partial charge in [0.1, 0.15) is 4.90 Å². The summed E-state index contributed by atoms with van der Waals surface area (Å²) in [4.78, 5) is 3.35. The van der Waals surface area contributed by atoms with E-state index in [-0.39, 0.29) is 10.7 Å². The number of halogens is 3. The summed E-state index contributed by atoms with van der Waals surface area (Å²) in [7, 11) is -4.13. The predicted molar refractivity (Wildman–Crippen MR) is 62.5 cm³/mol. The van der Waals surface area contributed by atoms with Crippen LogP contribution < -0.4 is 16.0 Å². The van der Waals surface area contributed by atoms with Crippen LogP contribution in [0.2, 0.25) is 0 Å². The third-order valence-corrected chi connectivity index (χ3v) is 3.71. The third kappa shape index (κ3) is 4.65. The molecule has 1 atom stereocenters. The van der Waals surface area contributed by atoms with E-state index in [9.17, 15) is 21.6 Å². The number of hydrogen-bond acceptors (Lipinski definition) is 5. The van der Waals surface area contributed by atoms with Crippen LogP contribution in [-0.2, 0) is 10.0 Å². The highest BCUT2D eigenvalue weighted by Crippen LogP contribution is 2.23. The monoisotopic (exact) mass is 298 g/mol. The van der Waals surface area contributed by atoms with E-state index >= 15 is 0 Å². The molecule has 0 aliphatic carbocycles. The van der Waals surface area contributed by atoms with Crippen LogP contribution >= 0.6 is 0 Å². The molecule has 4 N–H and O–H groups in total. The van der Waals surface area contributed by atoms with E-state index in [1.165, 1.54) is 18.3 Å². The molecular formula is C9H13F3N4O2S. The smallest absolute Gasteiger partial charge is 0.307 e. The molecule has 108 valence electrons. The lowest BCUT2D eigenvalue weighted by Crippen LogP contribution is -2.36. The van der Waals surface area contributed by atoms with Crippen molar-refractivity contribution in [3.05, 3.63) is 18.3 Å². The highest BCUT2D eigenvalue weighted by atomic mass is 32.2. The summed E-state index contributed by atoms with van der Waals surface area (Å²) in [6, 6.07) is 1.23. The fraction of sp³-hybridized carbons (Fsp3) is 0.444. The maximum Gasteiger partial charge on any atom is 0.390 e. The van der Waals surface area contributed by atoms with Gasteiger partial charge in [-0.05, 0) is 19.1 Å². The van der Waals surface area contributed by atoms with Gasteiger partial charge in [-0.25, -0.2) is 24.0 Å². The fourth-order valence-corrected chi connectivity index (χ4v) is 2.80. The van der Waals surface area contributed by atoms with Crippen LogP contribution in [0.25, 0.3) is 0 Å². The van der Waals surface area contributed by atoms with Crippen LogP contribution in [0.3, 0.4) is 0 Å². The Kier molecular flexibility index (Phi) is 4.71. The second-order valence-corrected chi connectivity index (χ2v) is 5.52. The quantitative estimate of drug-likeness (QED) is 0.556. The average molecular weight is 298 g/mol. The van der Waals surface area contributed by atoms with Gasteiger partial charge in [-0.15, -0.1) is 0 Å². The summed E-state index contributed by atoms with van der Waals surface area (Å²) in [6.07, 6.45) is -4.42. The second-order valence-electron chi connectivity index (χ2n) is 3.84. The van der Waals surface area contributed by atoms with Gasteiger partial charge in [0.25, 0.3) is 0 Å². The van der Waals surface area contributed by atoms with Crippen molar-refractivity contribution in [2.45, 2.75) is 30.5 Å². The van der Waals surface area contributed by atoms with Crippen molar-refractivity contribution in [3.63, 3.8) is 0 Å². The van der Waals surface area contributed by atoms with E-state index in [0.29, 0.717) is 0 Å². The number of nitrogens with zero attached hydrogens (tertiary/aromatic N) is 1. The number of nitrogen functional groups attached to an aromatic ring is 1. The molecule has 1 rings (SSSR count). The zero-order valence-electron chi connectivity index (χ0n) is 9.90. The van der Waals surface area contributed by atoms with Gasteiger partial charge in [-0.2, -0.15) is 13.2 Å². The third-order valence-electron chi connectivity index (χ3n) is 2.09. The summed E-state index contributed by atoms with van der Waals surface area (Å²) >= 11 is 0. The van der Waals surface area contributed by atoms with Crippen molar-refractivity contribution in [1.29, 1.82) is 0 Å². The number of nitrogens with two attached hydrogens (primary N) is 1. The SMILES string of the molecule is CC(CC(F)(F)F)NS(=O)(=O)c1cccnc1NN. The van der Waals surface area contributed by atoms with Crippen molar-refractivity contribution < 1.29 is 21.6 Å². The Bertz CT molecular complexity index is 533. The van der Waals surface area contributed by atoms with E-state index in [0.717, 1.165) is 6.92 Å². The molecule has 0 saturated heterocycles. The fourth-order valence-electron chi connectivity index (χ4n) is 1.43. The Labute approximate surface area is 108 Å². The zero-order chi connectivity index (χ0) is 14.7.